The van der Waals surface area contributed by atoms with Crippen molar-refractivity contribution >= 4 is 11.7 Å². The summed E-state index contributed by atoms with van der Waals surface area (Å²) in [5.41, 5.74) is 3.25. The van der Waals surface area contributed by atoms with Crippen LogP contribution in [0.25, 0.3) is 0 Å². The highest BCUT2D eigenvalue weighted by atomic mass is 16.4. The van der Waals surface area contributed by atoms with Crippen LogP contribution >= 0.6 is 0 Å². The van der Waals surface area contributed by atoms with E-state index < -0.39 is 5.97 Å². The lowest BCUT2D eigenvalue weighted by Crippen LogP contribution is -2.01. The topological polar surface area (TPSA) is 73.1 Å². The largest absolute Gasteiger partial charge is 0.478 e. The Bertz CT molecular complexity index is 625. The number of carbonyl (C=O) groups is 1. The third-order valence-corrected chi connectivity index (χ3v) is 2.93. The normalized spacial score (nSPS) is 9.75. The molecule has 4 nitrogen and oxygen atoms in total. The maximum atomic E-state index is 10.7. The minimum Gasteiger partial charge on any atom is -0.478 e. The molecule has 0 aliphatic carbocycles. The quantitative estimate of drug-likeness (QED) is 0.872. The molecule has 2 rings (SSSR count). The monoisotopic (exact) mass is 266 g/mol. The van der Waals surface area contributed by atoms with Gasteiger partial charge in [0.1, 0.15) is 0 Å². The lowest BCUT2D eigenvalue weighted by Gasteiger charge is -2.07. The highest BCUT2D eigenvalue weighted by Crippen LogP contribution is 2.12. The second kappa shape index (κ2) is 6.39. The Balaban J connectivity index is 1.94. The molecule has 0 aromatic heterocycles. The van der Waals surface area contributed by atoms with E-state index in [9.17, 15) is 4.79 Å². The van der Waals surface area contributed by atoms with Crippen LogP contribution in [0.1, 0.15) is 21.5 Å². The van der Waals surface area contributed by atoms with Gasteiger partial charge in [0.2, 0.25) is 0 Å². The van der Waals surface area contributed by atoms with Crippen LogP contribution in [0.2, 0.25) is 0 Å². The molecule has 20 heavy (non-hydrogen) atoms. The van der Waals surface area contributed by atoms with E-state index in [2.05, 4.69) is 11.4 Å². The summed E-state index contributed by atoms with van der Waals surface area (Å²) >= 11 is 0. The van der Waals surface area contributed by atoms with Crippen LogP contribution in [0.3, 0.4) is 0 Å². The predicted octanol–water partition coefficient (Wildman–Crippen LogP) is 3.06. The first kappa shape index (κ1) is 13.6. The zero-order valence-corrected chi connectivity index (χ0v) is 10.8. The summed E-state index contributed by atoms with van der Waals surface area (Å²) in [7, 11) is 0. The molecule has 0 saturated heterocycles. The Hall–Kier alpha value is -2.80. The fourth-order valence-corrected chi connectivity index (χ4v) is 1.80. The van der Waals surface area contributed by atoms with Crippen molar-refractivity contribution in [3.8, 4) is 6.07 Å². The first-order valence-corrected chi connectivity index (χ1v) is 6.21. The molecular formula is C16H14N2O2. The first-order valence-electron chi connectivity index (χ1n) is 6.21. The molecule has 0 amide bonds. The number of carboxylic acids is 1. The number of hydrogen-bond donors (Lipinski definition) is 2. The first-order chi connectivity index (χ1) is 9.69. The molecule has 0 aliphatic heterocycles. The van der Waals surface area contributed by atoms with E-state index in [0.717, 1.165) is 16.8 Å². The summed E-state index contributed by atoms with van der Waals surface area (Å²) in [6.45, 7) is 0.623. The zero-order valence-electron chi connectivity index (χ0n) is 10.8. The van der Waals surface area contributed by atoms with Gasteiger partial charge in [-0.3, -0.25) is 0 Å². The van der Waals surface area contributed by atoms with Crippen molar-refractivity contribution in [3.63, 3.8) is 0 Å². The number of anilines is 1. The van der Waals surface area contributed by atoms with Gasteiger partial charge in [-0.1, -0.05) is 24.3 Å². The number of nitriles is 1. The highest BCUT2D eigenvalue weighted by Gasteiger charge is 2.01. The minimum atomic E-state index is -0.919. The Morgan fingerprint density at radius 1 is 1.05 bits per heavy atom. The Kier molecular flexibility index (Phi) is 4.35. The molecular weight excluding hydrogens is 252 g/mol. The molecule has 0 bridgehead atoms. The van der Waals surface area contributed by atoms with Crippen LogP contribution in [0.5, 0.6) is 0 Å². The van der Waals surface area contributed by atoms with Crippen LogP contribution < -0.4 is 5.32 Å². The molecule has 0 heterocycles. The lowest BCUT2D eigenvalue weighted by molar-refractivity contribution is 0.0697. The molecule has 0 aliphatic rings. The van der Waals surface area contributed by atoms with Crippen molar-refractivity contribution < 1.29 is 9.90 Å². The summed E-state index contributed by atoms with van der Waals surface area (Å²) in [6.07, 6.45) is 0.414. The van der Waals surface area contributed by atoms with Crippen molar-refractivity contribution in [2.75, 3.05) is 5.32 Å². The Labute approximate surface area is 117 Å². The van der Waals surface area contributed by atoms with Gasteiger partial charge < -0.3 is 10.4 Å². The third-order valence-electron chi connectivity index (χ3n) is 2.93. The fourth-order valence-electron chi connectivity index (χ4n) is 1.80. The number of benzene rings is 2. The van der Waals surface area contributed by atoms with E-state index in [1.165, 1.54) is 0 Å². The fraction of sp³-hybridized carbons (Fsp3) is 0.125. The van der Waals surface area contributed by atoms with Gasteiger partial charge >= 0.3 is 5.97 Å². The summed E-state index contributed by atoms with van der Waals surface area (Å²) in [4.78, 5) is 10.7. The highest BCUT2D eigenvalue weighted by molar-refractivity contribution is 5.87. The Morgan fingerprint density at radius 3 is 2.20 bits per heavy atom. The van der Waals surface area contributed by atoms with Crippen LogP contribution in [0, 0.1) is 11.3 Å². The molecule has 0 fully saturated rings. The van der Waals surface area contributed by atoms with E-state index in [1.54, 1.807) is 24.3 Å². The van der Waals surface area contributed by atoms with Gasteiger partial charge in [0, 0.05) is 12.2 Å². The maximum Gasteiger partial charge on any atom is 0.335 e. The van der Waals surface area contributed by atoms with Gasteiger partial charge in [-0.15, -0.1) is 0 Å². The second-order valence-electron chi connectivity index (χ2n) is 4.39. The van der Waals surface area contributed by atoms with E-state index in [1.807, 2.05) is 24.3 Å². The molecule has 0 atom stereocenters. The number of nitrogens with one attached hydrogen (secondary N) is 1. The van der Waals surface area contributed by atoms with Gasteiger partial charge in [0.25, 0.3) is 0 Å². The van der Waals surface area contributed by atoms with Gasteiger partial charge in [0.15, 0.2) is 0 Å². The number of rotatable bonds is 5. The molecule has 2 N–H and O–H groups in total. The van der Waals surface area contributed by atoms with Crippen molar-refractivity contribution in [2.24, 2.45) is 0 Å². The van der Waals surface area contributed by atoms with E-state index in [4.69, 9.17) is 10.4 Å². The third kappa shape index (κ3) is 3.59. The molecule has 2 aromatic rings. The summed E-state index contributed by atoms with van der Waals surface area (Å²) in [6, 6.07) is 16.6. The SMILES string of the molecule is N#CCc1ccc(NCc2ccc(C(=O)O)cc2)cc1. The summed E-state index contributed by atoms with van der Waals surface area (Å²) in [5.74, 6) is -0.919. The van der Waals surface area contributed by atoms with E-state index in [-0.39, 0.29) is 5.56 Å². The van der Waals surface area contributed by atoms with Crippen LogP contribution in [0.4, 0.5) is 5.69 Å². The lowest BCUT2D eigenvalue weighted by atomic mass is 10.1. The van der Waals surface area contributed by atoms with Crippen molar-refractivity contribution in [3.05, 3.63) is 65.2 Å². The minimum absolute atomic E-state index is 0.287. The van der Waals surface area contributed by atoms with Gasteiger partial charge in [-0.05, 0) is 35.4 Å². The molecule has 2 aromatic carbocycles. The van der Waals surface area contributed by atoms with Crippen molar-refractivity contribution in [2.45, 2.75) is 13.0 Å². The maximum absolute atomic E-state index is 10.7. The zero-order chi connectivity index (χ0) is 14.4. The number of aromatic carboxylic acids is 1. The number of hydrogen-bond acceptors (Lipinski definition) is 3. The molecule has 0 unspecified atom stereocenters. The number of nitrogens with zero attached hydrogens (tertiary/aromatic N) is 1. The van der Waals surface area contributed by atoms with Crippen molar-refractivity contribution in [1.82, 2.24) is 0 Å². The molecule has 100 valence electrons. The van der Waals surface area contributed by atoms with Crippen LogP contribution in [0.15, 0.2) is 48.5 Å². The second-order valence-corrected chi connectivity index (χ2v) is 4.39. The summed E-state index contributed by atoms with van der Waals surface area (Å²) in [5, 5.41) is 20.7. The average molecular weight is 266 g/mol. The molecule has 4 heteroatoms. The smallest absolute Gasteiger partial charge is 0.335 e. The Morgan fingerprint density at radius 2 is 1.65 bits per heavy atom. The van der Waals surface area contributed by atoms with Crippen LogP contribution in [-0.2, 0) is 13.0 Å². The molecule has 0 spiro atoms. The standard InChI is InChI=1S/C16H14N2O2/c17-10-9-12-3-7-15(8-4-12)18-11-13-1-5-14(6-2-13)16(19)20/h1-8,18H,9,11H2,(H,19,20). The van der Waals surface area contributed by atoms with Crippen LogP contribution in [-0.4, -0.2) is 11.1 Å². The number of carboxylic acid groups (broad SMARTS) is 1. The molecule has 0 saturated carbocycles. The summed E-state index contributed by atoms with van der Waals surface area (Å²) < 4.78 is 0. The van der Waals surface area contributed by atoms with Crippen molar-refractivity contribution in [1.29, 1.82) is 5.26 Å². The van der Waals surface area contributed by atoms with Gasteiger partial charge in [-0.25, -0.2) is 4.79 Å². The van der Waals surface area contributed by atoms with Gasteiger partial charge in [-0.2, -0.15) is 5.26 Å². The molecule has 0 radical (unpaired) electrons. The average Bonchev–Trinajstić information content (AvgIpc) is 2.47. The van der Waals surface area contributed by atoms with E-state index >= 15 is 0 Å². The van der Waals surface area contributed by atoms with E-state index in [0.29, 0.717) is 13.0 Å². The van der Waals surface area contributed by atoms with Gasteiger partial charge in [0.05, 0.1) is 18.1 Å². The predicted molar refractivity (Wildman–Crippen MR) is 76.5 cm³/mol.